The van der Waals surface area contributed by atoms with Crippen LogP contribution in [-0.4, -0.2) is 10.9 Å². The molecule has 2 aromatic rings. The summed E-state index contributed by atoms with van der Waals surface area (Å²) in [7, 11) is 0. The largest absolute Gasteiger partial charge is 0.397 e. The molecule has 92 valence electrons. The summed E-state index contributed by atoms with van der Waals surface area (Å²) in [4.78, 5) is 15.8. The molecule has 0 aliphatic heterocycles. The number of hydrogen-bond acceptors (Lipinski definition) is 3. The van der Waals surface area contributed by atoms with Crippen molar-refractivity contribution in [3.63, 3.8) is 0 Å². The summed E-state index contributed by atoms with van der Waals surface area (Å²) in [5.74, 6) is -0.274. The lowest BCUT2D eigenvalue weighted by Gasteiger charge is -2.05. The Labute approximate surface area is 104 Å². The van der Waals surface area contributed by atoms with E-state index < -0.39 is 0 Å². The number of nitrogens with one attached hydrogen (secondary N) is 1. The standard InChI is InChI=1S/C13H12FN3O/c1-8-6-9(2-4-11(8)14)13(18)17-12-5-3-10(15)7-16-12/h2-7H,15H2,1H3,(H,16,17,18). The van der Waals surface area contributed by atoms with Crippen LogP contribution in [0.5, 0.6) is 0 Å². The number of pyridine rings is 1. The number of rotatable bonds is 2. The van der Waals surface area contributed by atoms with Crippen LogP contribution in [0.15, 0.2) is 36.5 Å². The maximum Gasteiger partial charge on any atom is 0.256 e. The molecule has 3 N–H and O–H groups in total. The third-order valence-electron chi connectivity index (χ3n) is 2.45. The number of carbonyl (C=O) groups excluding carboxylic acids is 1. The van der Waals surface area contributed by atoms with Gasteiger partial charge in [0, 0.05) is 5.56 Å². The molecule has 0 saturated heterocycles. The molecule has 0 radical (unpaired) electrons. The van der Waals surface area contributed by atoms with Crippen LogP contribution in [0, 0.1) is 12.7 Å². The molecule has 2 rings (SSSR count). The molecule has 0 aliphatic carbocycles. The summed E-state index contributed by atoms with van der Waals surface area (Å²) in [6.45, 7) is 1.60. The van der Waals surface area contributed by atoms with Gasteiger partial charge in [0.25, 0.3) is 5.91 Å². The first kappa shape index (κ1) is 12.0. The smallest absolute Gasteiger partial charge is 0.256 e. The van der Waals surface area contributed by atoms with E-state index in [0.29, 0.717) is 22.6 Å². The average molecular weight is 245 g/mol. The molecule has 0 bridgehead atoms. The van der Waals surface area contributed by atoms with Crippen LogP contribution in [0.3, 0.4) is 0 Å². The van der Waals surface area contributed by atoms with E-state index in [1.165, 1.54) is 24.4 Å². The van der Waals surface area contributed by atoms with Crippen molar-refractivity contribution in [3.8, 4) is 0 Å². The molecule has 0 aliphatic rings. The number of halogens is 1. The summed E-state index contributed by atoms with van der Waals surface area (Å²) in [6, 6.07) is 7.42. The molecule has 4 nitrogen and oxygen atoms in total. The normalized spacial score (nSPS) is 10.1. The Balaban J connectivity index is 2.16. The van der Waals surface area contributed by atoms with Gasteiger partial charge in [0.05, 0.1) is 11.9 Å². The van der Waals surface area contributed by atoms with Gasteiger partial charge in [0.1, 0.15) is 11.6 Å². The summed E-state index contributed by atoms with van der Waals surface area (Å²) in [5.41, 5.74) is 6.81. The zero-order chi connectivity index (χ0) is 13.1. The van der Waals surface area contributed by atoms with Crippen molar-refractivity contribution in [2.75, 3.05) is 11.1 Å². The second kappa shape index (κ2) is 4.83. The number of hydrogen-bond donors (Lipinski definition) is 2. The van der Waals surface area contributed by atoms with E-state index in [2.05, 4.69) is 10.3 Å². The van der Waals surface area contributed by atoms with E-state index in [1.807, 2.05) is 0 Å². The summed E-state index contributed by atoms with van der Waals surface area (Å²) in [5, 5.41) is 2.60. The van der Waals surface area contributed by atoms with Gasteiger partial charge in [-0.3, -0.25) is 4.79 Å². The van der Waals surface area contributed by atoms with Crippen LogP contribution in [0.25, 0.3) is 0 Å². The van der Waals surface area contributed by atoms with Crippen LogP contribution in [-0.2, 0) is 0 Å². The lowest BCUT2D eigenvalue weighted by Crippen LogP contribution is -2.13. The van der Waals surface area contributed by atoms with Crippen LogP contribution in [0.1, 0.15) is 15.9 Å². The number of nitrogen functional groups attached to an aromatic ring is 1. The zero-order valence-electron chi connectivity index (χ0n) is 9.77. The fraction of sp³-hybridized carbons (Fsp3) is 0.0769. The Morgan fingerprint density at radius 2 is 2.11 bits per heavy atom. The maximum atomic E-state index is 13.1. The van der Waals surface area contributed by atoms with Crippen LogP contribution < -0.4 is 11.1 Å². The van der Waals surface area contributed by atoms with Crippen LogP contribution in [0.2, 0.25) is 0 Å². The average Bonchev–Trinajstić information content (AvgIpc) is 2.35. The highest BCUT2D eigenvalue weighted by Crippen LogP contribution is 2.12. The van der Waals surface area contributed by atoms with Gasteiger partial charge in [-0.1, -0.05) is 0 Å². The molecule has 0 fully saturated rings. The molecule has 18 heavy (non-hydrogen) atoms. The highest BCUT2D eigenvalue weighted by atomic mass is 19.1. The highest BCUT2D eigenvalue weighted by Gasteiger charge is 2.08. The number of carbonyl (C=O) groups is 1. The predicted octanol–water partition coefficient (Wildman–Crippen LogP) is 2.36. The van der Waals surface area contributed by atoms with Gasteiger partial charge < -0.3 is 11.1 Å². The number of aromatic nitrogens is 1. The van der Waals surface area contributed by atoms with Crippen molar-refractivity contribution >= 4 is 17.4 Å². The van der Waals surface area contributed by atoms with E-state index in [-0.39, 0.29) is 11.7 Å². The molecule has 1 heterocycles. The van der Waals surface area contributed by atoms with Gasteiger partial charge in [-0.05, 0) is 42.8 Å². The second-order valence-corrected chi connectivity index (χ2v) is 3.89. The number of aryl methyl sites for hydroxylation is 1. The van der Waals surface area contributed by atoms with Gasteiger partial charge in [0.2, 0.25) is 0 Å². The Bertz CT molecular complexity index is 581. The van der Waals surface area contributed by atoms with Crippen molar-refractivity contribution in [1.82, 2.24) is 4.98 Å². The first-order valence-electron chi connectivity index (χ1n) is 5.35. The lowest BCUT2D eigenvalue weighted by atomic mass is 10.1. The fourth-order valence-electron chi connectivity index (χ4n) is 1.45. The molecule has 1 amide bonds. The van der Waals surface area contributed by atoms with Gasteiger partial charge >= 0.3 is 0 Å². The number of nitrogens with zero attached hydrogens (tertiary/aromatic N) is 1. The maximum absolute atomic E-state index is 13.1. The quantitative estimate of drug-likeness (QED) is 0.853. The number of benzene rings is 1. The van der Waals surface area contributed by atoms with Crippen molar-refractivity contribution in [3.05, 3.63) is 53.5 Å². The second-order valence-electron chi connectivity index (χ2n) is 3.89. The van der Waals surface area contributed by atoms with Crippen molar-refractivity contribution in [1.29, 1.82) is 0 Å². The summed E-state index contributed by atoms with van der Waals surface area (Å²) in [6.07, 6.45) is 1.45. The van der Waals surface area contributed by atoms with E-state index in [4.69, 9.17) is 5.73 Å². The predicted molar refractivity (Wildman–Crippen MR) is 67.7 cm³/mol. The first-order chi connectivity index (χ1) is 8.56. The summed E-state index contributed by atoms with van der Waals surface area (Å²) < 4.78 is 13.1. The van der Waals surface area contributed by atoms with Crippen molar-refractivity contribution < 1.29 is 9.18 Å². The molecule has 0 atom stereocenters. The Morgan fingerprint density at radius 3 is 2.72 bits per heavy atom. The van der Waals surface area contributed by atoms with Crippen LogP contribution in [0.4, 0.5) is 15.9 Å². The number of amides is 1. The fourth-order valence-corrected chi connectivity index (χ4v) is 1.45. The lowest BCUT2D eigenvalue weighted by molar-refractivity contribution is 0.102. The summed E-state index contributed by atoms with van der Waals surface area (Å²) >= 11 is 0. The third kappa shape index (κ3) is 2.63. The highest BCUT2D eigenvalue weighted by molar-refractivity contribution is 6.03. The van der Waals surface area contributed by atoms with Gasteiger partial charge in [-0.25, -0.2) is 9.37 Å². The topological polar surface area (TPSA) is 68.0 Å². The first-order valence-corrected chi connectivity index (χ1v) is 5.35. The third-order valence-corrected chi connectivity index (χ3v) is 2.45. The molecule has 0 unspecified atom stereocenters. The van der Waals surface area contributed by atoms with Gasteiger partial charge in [-0.15, -0.1) is 0 Å². The minimum Gasteiger partial charge on any atom is -0.397 e. The number of anilines is 2. The number of nitrogens with two attached hydrogens (primary N) is 1. The molecule has 5 heteroatoms. The molecule has 0 spiro atoms. The molecule has 1 aromatic carbocycles. The van der Waals surface area contributed by atoms with Crippen molar-refractivity contribution in [2.24, 2.45) is 0 Å². The molecule has 0 saturated carbocycles. The van der Waals surface area contributed by atoms with E-state index in [1.54, 1.807) is 19.1 Å². The van der Waals surface area contributed by atoms with Crippen molar-refractivity contribution in [2.45, 2.75) is 6.92 Å². The molecule has 1 aromatic heterocycles. The van der Waals surface area contributed by atoms with E-state index >= 15 is 0 Å². The molecular weight excluding hydrogens is 233 g/mol. The Morgan fingerprint density at radius 1 is 1.33 bits per heavy atom. The molecular formula is C13H12FN3O. The minimum absolute atomic E-state index is 0.336. The minimum atomic E-state index is -0.338. The van der Waals surface area contributed by atoms with Crippen LogP contribution >= 0.6 is 0 Å². The SMILES string of the molecule is Cc1cc(C(=O)Nc2ccc(N)cn2)ccc1F. The Kier molecular flexibility index (Phi) is 3.23. The van der Waals surface area contributed by atoms with E-state index in [9.17, 15) is 9.18 Å². The van der Waals surface area contributed by atoms with Gasteiger partial charge in [-0.2, -0.15) is 0 Å². The monoisotopic (exact) mass is 245 g/mol. The zero-order valence-corrected chi connectivity index (χ0v) is 9.77. The Hall–Kier alpha value is -2.43. The van der Waals surface area contributed by atoms with E-state index in [0.717, 1.165) is 0 Å². The van der Waals surface area contributed by atoms with Gasteiger partial charge in [0.15, 0.2) is 0 Å².